The zero-order valence-corrected chi connectivity index (χ0v) is 10.2. The molecule has 2 aromatic rings. The summed E-state index contributed by atoms with van der Waals surface area (Å²) in [5, 5.41) is 1.37. The molecule has 0 atom stereocenters. The summed E-state index contributed by atoms with van der Waals surface area (Å²) >= 11 is 0. The molecule has 1 aliphatic heterocycles. The van der Waals surface area contributed by atoms with Gasteiger partial charge < -0.3 is 0 Å². The molecule has 1 nitrogen and oxygen atoms in total. The first-order valence-corrected chi connectivity index (χ1v) is 6.47. The van der Waals surface area contributed by atoms with E-state index in [1.54, 1.807) is 11.1 Å². The van der Waals surface area contributed by atoms with Gasteiger partial charge in [0.1, 0.15) is 0 Å². The lowest BCUT2D eigenvalue weighted by molar-refractivity contribution is -0.660. The smallest absolute Gasteiger partial charge is 0.188 e. The molecule has 4 rings (SSSR count). The highest BCUT2D eigenvalue weighted by Crippen LogP contribution is 2.37. The van der Waals surface area contributed by atoms with Crippen LogP contribution in [0, 0.1) is 6.92 Å². The Balaban J connectivity index is 2.01. The third-order valence-electron chi connectivity index (χ3n) is 4.18. The Morgan fingerprint density at radius 2 is 2.00 bits per heavy atom. The van der Waals surface area contributed by atoms with E-state index in [9.17, 15) is 0 Å². The maximum atomic E-state index is 2.50. The Morgan fingerprint density at radius 1 is 1.06 bits per heavy atom. The predicted octanol–water partition coefficient (Wildman–Crippen LogP) is 3.39. The Bertz CT molecular complexity index is 665. The maximum absolute atomic E-state index is 2.50. The van der Waals surface area contributed by atoms with E-state index in [-0.39, 0.29) is 0 Å². The molecule has 2 aliphatic rings. The van der Waals surface area contributed by atoms with E-state index < -0.39 is 0 Å². The second-order valence-electron chi connectivity index (χ2n) is 5.30. The summed E-state index contributed by atoms with van der Waals surface area (Å²) in [4.78, 5) is 0. The number of hydrogen-bond donors (Lipinski definition) is 0. The molecule has 1 aliphatic carbocycles. The minimum atomic E-state index is 1.13. The van der Waals surface area contributed by atoms with Crippen molar-refractivity contribution >= 4 is 16.5 Å². The quantitative estimate of drug-likeness (QED) is 0.602. The molecule has 0 saturated carbocycles. The molecule has 17 heavy (non-hydrogen) atoms. The lowest BCUT2D eigenvalue weighted by Crippen LogP contribution is -2.35. The summed E-state index contributed by atoms with van der Waals surface area (Å²) in [5.41, 5.74) is 7.51. The lowest BCUT2D eigenvalue weighted by atomic mass is 10.1. The van der Waals surface area contributed by atoms with Crippen LogP contribution in [0.2, 0.25) is 0 Å². The topological polar surface area (TPSA) is 3.88 Å². The molecule has 0 bridgehead atoms. The molecule has 0 fully saturated rings. The fourth-order valence-electron chi connectivity index (χ4n) is 3.36. The third kappa shape index (κ3) is 1.22. The first-order valence-electron chi connectivity index (χ1n) is 6.47. The van der Waals surface area contributed by atoms with Crippen LogP contribution >= 0.6 is 0 Å². The molecule has 1 heteroatoms. The van der Waals surface area contributed by atoms with Crippen molar-refractivity contribution in [1.82, 2.24) is 0 Å². The van der Waals surface area contributed by atoms with Gasteiger partial charge in [0.25, 0.3) is 0 Å². The van der Waals surface area contributed by atoms with Crippen LogP contribution < -0.4 is 4.57 Å². The minimum Gasteiger partial charge on any atom is -0.188 e. The number of allylic oxidation sites excluding steroid dienone is 2. The second kappa shape index (κ2) is 3.19. The molecule has 84 valence electrons. The van der Waals surface area contributed by atoms with Crippen molar-refractivity contribution in [1.29, 1.82) is 0 Å². The molecule has 0 N–H and O–H groups in total. The van der Waals surface area contributed by atoms with Crippen molar-refractivity contribution in [2.45, 2.75) is 32.7 Å². The van der Waals surface area contributed by atoms with Crippen molar-refractivity contribution in [3.8, 4) is 0 Å². The molecule has 0 amide bonds. The van der Waals surface area contributed by atoms with Crippen molar-refractivity contribution in [2.75, 3.05) is 0 Å². The highest BCUT2D eigenvalue weighted by atomic mass is 15.0. The van der Waals surface area contributed by atoms with E-state index in [2.05, 4.69) is 41.8 Å². The van der Waals surface area contributed by atoms with Crippen molar-refractivity contribution in [3.05, 3.63) is 47.2 Å². The summed E-state index contributed by atoms with van der Waals surface area (Å²) in [6.45, 7) is 3.29. The van der Waals surface area contributed by atoms with Crippen LogP contribution in [-0.4, -0.2) is 0 Å². The van der Waals surface area contributed by atoms with Crippen molar-refractivity contribution in [2.24, 2.45) is 0 Å². The summed E-state index contributed by atoms with van der Waals surface area (Å²) < 4.78 is 2.50. The monoisotopic (exact) mass is 222 g/mol. The Kier molecular flexibility index (Phi) is 1.77. The van der Waals surface area contributed by atoms with Crippen molar-refractivity contribution < 1.29 is 4.57 Å². The van der Waals surface area contributed by atoms with E-state index in [0.717, 1.165) is 6.54 Å². The number of nitrogens with zero attached hydrogens (tertiary/aromatic N) is 1. The van der Waals surface area contributed by atoms with Gasteiger partial charge in [-0.3, -0.25) is 0 Å². The van der Waals surface area contributed by atoms with E-state index in [4.69, 9.17) is 0 Å². The summed E-state index contributed by atoms with van der Waals surface area (Å²) in [7, 11) is 0. The average molecular weight is 222 g/mol. The fourth-order valence-corrected chi connectivity index (χ4v) is 3.36. The zero-order valence-electron chi connectivity index (χ0n) is 10.2. The van der Waals surface area contributed by atoms with Gasteiger partial charge >= 0.3 is 0 Å². The Hall–Kier alpha value is -1.63. The van der Waals surface area contributed by atoms with E-state index in [1.807, 2.05) is 0 Å². The number of fused-ring (bicyclic) bond motifs is 4. The summed E-state index contributed by atoms with van der Waals surface area (Å²) in [6, 6.07) is 11.4. The van der Waals surface area contributed by atoms with Gasteiger partial charge in [0.15, 0.2) is 6.54 Å². The molecule has 2 heterocycles. The van der Waals surface area contributed by atoms with Crippen molar-refractivity contribution in [3.63, 3.8) is 0 Å². The molecule has 1 aromatic carbocycles. The van der Waals surface area contributed by atoms with Crippen LogP contribution in [0.1, 0.15) is 30.5 Å². The van der Waals surface area contributed by atoms with Gasteiger partial charge in [0.05, 0.1) is 0 Å². The zero-order chi connectivity index (χ0) is 11.4. The lowest BCUT2D eigenvalue weighted by Gasteiger charge is -2.03. The standard InChI is InChI=1S/C16H16N/c1-11-5-7-15-12(9-11)6-8-16-14-4-2-3-13(14)10-17(15)16/h5-9H,2-4,10H2,1H3/q+1. The number of aromatic nitrogens is 1. The van der Waals surface area contributed by atoms with Gasteiger partial charge in [0.2, 0.25) is 11.2 Å². The number of aryl methyl sites for hydroxylation is 1. The SMILES string of the molecule is Cc1ccc2c(ccc3[n+]2CC2=C3CCC2)c1. The van der Waals surface area contributed by atoms with Crippen LogP contribution in [-0.2, 0) is 6.54 Å². The van der Waals surface area contributed by atoms with Gasteiger partial charge in [-0.05, 0) is 38.3 Å². The third-order valence-corrected chi connectivity index (χ3v) is 4.18. The van der Waals surface area contributed by atoms with Gasteiger partial charge in [-0.25, -0.2) is 0 Å². The fraction of sp³-hybridized carbons (Fsp3) is 0.312. The number of hydrogen-bond acceptors (Lipinski definition) is 0. The molecular formula is C16H16N+. The molecule has 0 saturated heterocycles. The van der Waals surface area contributed by atoms with E-state index in [0.29, 0.717) is 0 Å². The highest BCUT2D eigenvalue weighted by molar-refractivity contribution is 5.79. The Morgan fingerprint density at radius 3 is 2.94 bits per heavy atom. The van der Waals surface area contributed by atoms with Gasteiger partial charge in [0, 0.05) is 28.7 Å². The van der Waals surface area contributed by atoms with Gasteiger partial charge in [-0.2, -0.15) is 4.57 Å². The number of pyridine rings is 1. The van der Waals surface area contributed by atoms with Crippen LogP contribution in [0.3, 0.4) is 0 Å². The van der Waals surface area contributed by atoms with Gasteiger partial charge in [-0.15, -0.1) is 0 Å². The largest absolute Gasteiger partial charge is 0.213 e. The molecule has 0 unspecified atom stereocenters. The maximum Gasteiger partial charge on any atom is 0.213 e. The van der Waals surface area contributed by atoms with E-state index in [1.165, 1.54) is 41.4 Å². The molecule has 1 aromatic heterocycles. The Labute approximate surface area is 101 Å². The van der Waals surface area contributed by atoms with E-state index >= 15 is 0 Å². The normalized spacial score (nSPS) is 17.7. The minimum absolute atomic E-state index is 1.13. The number of benzene rings is 1. The number of rotatable bonds is 0. The average Bonchev–Trinajstić information content (AvgIpc) is 2.88. The van der Waals surface area contributed by atoms with Crippen LogP contribution in [0.15, 0.2) is 35.9 Å². The predicted molar refractivity (Wildman–Crippen MR) is 69.7 cm³/mol. The molecular weight excluding hydrogens is 206 g/mol. The van der Waals surface area contributed by atoms with Crippen LogP contribution in [0.5, 0.6) is 0 Å². The molecule has 0 spiro atoms. The highest BCUT2D eigenvalue weighted by Gasteiger charge is 2.32. The first kappa shape index (κ1) is 9.41. The molecule has 0 radical (unpaired) electrons. The van der Waals surface area contributed by atoms with Crippen LogP contribution in [0.4, 0.5) is 0 Å². The first-order chi connectivity index (χ1) is 8.33. The van der Waals surface area contributed by atoms with Gasteiger partial charge in [-0.1, -0.05) is 11.6 Å². The summed E-state index contributed by atoms with van der Waals surface area (Å²) in [6.07, 6.45) is 3.95. The van der Waals surface area contributed by atoms with Crippen LogP contribution in [0.25, 0.3) is 16.5 Å². The summed E-state index contributed by atoms with van der Waals surface area (Å²) in [5.74, 6) is 0. The second-order valence-corrected chi connectivity index (χ2v) is 5.30.